The Morgan fingerprint density at radius 3 is 2.32 bits per heavy atom. The molecule has 0 saturated heterocycles. The number of carbonyl (C=O) groups excluding carboxylic acids is 2. The van der Waals surface area contributed by atoms with Gasteiger partial charge < -0.3 is 15.2 Å². The summed E-state index contributed by atoms with van der Waals surface area (Å²) in [6.45, 7) is 1.76. The Morgan fingerprint density at radius 1 is 1.04 bits per heavy atom. The van der Waals surface area contributed by atoms with Crippen LogP contribution < -0.4 is 20.5 Å². The van der Waals surface area contributed by atoms with Crippen molar-refractivity contribution >= 4 is 23.1 Å². The normalized spacial score (nSPS) is 10.9. The van der Waals surface area contributed by atoms with Crippen molar-refractivity contribution in [2.24, 2.45) is 0 Å². The summed E-state index contributed by atoms with van der Waals surface area (Å²) in [7, 11) is 3.10. The maximum atomic E-state index is 12.1. The molecule has 0 radical (unpaired) electrons. The number of ether oxygens (including phenoxy) is 2. The smallest absolute Gasteiger partial charge is 0.258 e. The molecule has 25 heavy (non-hydrogen) atoms. The molecule has 2 rings (SSSR count). The molecule has 2 aromatic rings. The monoisotopic (exact) mass is 340 g/mol. The third-order valence-electron chi connectivity index (χ3n) is 3.59. The standard InChI is InChI=1S/C19H20N2O4/c1-12(16-9-8-15(24-2)11-17(16)25-3)10-18(22)21-19(23)13-4-6-14(20)7-5-13/h4-11H,20H2,1-3H3,(H,21,22,23)/b12-10+. The van der Waals surface area contributed by atoms with Crippen LogP contribution in [0.2, 0.25) is 0 Å². The van der Waals surface area contributed by atoms with Crippen LogP contribution >= 0.6 is 0 Å². The zero-order chi connectivity index (χ0) is 18.4. The van der Waals surface area contributed by atoms with Gasteiger partial charge in [0.15, 0.2) is 0 Å². The molecule has 6 nitrogen and oxygen atoms in total. The van der Waals surface area contributed by atoms with Crippen molar-refractivity contribution in [1.29, 1.82) is 0 Å². The van der Waals surface area contributed by atoms with Crippen molar-refractivity contribution in [3.05, 3.63) is 59.7 Å². The van der Waals surface area contributed by atoms with E-state index in [1.807, 2.05) is 0 Å². The van der Waals surface area contributed by atoms with Crippen molar-refractivity contribution in [1.82, 2.24) is 5.32 Å². The summed E-state index contributed by atoms with van der Waals surface area (Å²) in [6, 6.07) is 11.6. The van der Waals surface area contributed by atoms with Gasteiger partial charge in [0.2, 0.25) is 0 Å². The molecule has 0 aliphatic rings. The summed E-state index contributed by atoms with van der Waals surface area (Å²) in [5.74, 6) is 0.218. The Bertz CT molecular complexity index is 811. The predicted octanol–water partition coefficient (Wildman–Crippen LogP) is 2.65. The number of hydrogen-bond acceptors (Lipinski definition) is 5. The average molecular weight is 340 g/mol. The Morgan fingerprint density at radius 2 is 1.72 bits per heavy atom. The first-order valence-electron chi connectivity index (χ1n) is 7.56. The molecule has 0 unspecified atom stereocenters. The maximum Gasteiger partial charge on any atom is 0.258 e. The lowest BCUT2D eigenvalue weighted by Gasteiger charge is -2.11. The summed E-state index contributed by atoms with van der Waals surface area (Å²) >= 11 is 0. The Kier molecular flexibility index (Phi) is 5.79. The van der Waals surface area contributed by atoms with Crippen LogP contribution in [0.25, 0.3) is 5.57 Å². The minimum Gasteiger partial charge on any atom is -0.497 e. The van der Waals surface area contributed by atoms with E-state index in [0.29, 0.717) is 28.3 Å². The van der Waals surface area contributed by atoms with E-state index in [1.165, 1.54) is 13.2 Å². The summed E-state index contributed by atoms with van der Waals surface area (Å²) in [5.41, 5.74) is 7.87. The second kappa shape index (κ2) is 8.01. The summed E-state index contributed by atoms with van der Waals surface area (Å²) < 4.78 is 10.5. The second-order valence-electron chi connectivity index (χ2n) is 5.33. The van der Waals surface area contributed by atoms with Crippen LogP contribution in [0.5, 0.6) is 11.5 Å². The first-order valence-corrected chi connectivity index (χ1v) is 7.56. The van der Waals surface area contributed by atoms with Crippen LogP contribution in [0.15, 0.2) is 48.5 Å². The van der Waals surface area contributed by atoms with Gasteiger partial charge in [0, 0.05) is 29.0 Å². The van der Waals surface area contributed by atoms with Crippen molar-refractivity contribution in [2.75, 3.05) is 20.0 Å². The largest absolute Gasteiger partial charge is 0.497 e. The minimum absolute atomic E-state index is 0.357. The number of nitrogen functional groups attached to an aromatic ring is 1. The Labute approximate surface area is 146 Å². The number of amides is 2. The lowest BCUT2D eigenvalue weighted by atomic mass is 10.1. The number of imide groups is 1. The van der Waals surface area contributed by atoms with E-state index in [0.717, 1.165) is 5.56 Å². The average Bonchev–Trinajstić information content (AvgIpc) is 2.61. The highest BCUT2D eigenvalue weighted by Gasteiger charge is 2.11. The zero-order valence-corrected chi connectivity index (χ0v) is 14.3. The fourth-order valence-electron chi connectivity index (χ4n) is 2.25. The number of nitrogens with two attached hydrogens (primary N) is 1. The number of allylic oxidation sites excluding steroid dienone is 1. The van der Waals surface area contributed by atoms with Gasteiger partial charge in [-0.2, -0.15) is 0 Å². The molecule has 6 heteroatoms. The summed E-state index contributed by atoms with van der Waals surface area (Å²) in [5, 5.41) is 2.32. The molecule has 130 valence electrons. The first kappa shape index (κ1) is 18.1. The van der Waals surface area contributed by atoms with Gasteiger partial charge in [0.05, 0.1) is 14.2 Å². The topological polar surface area (TPSA) is 90.7 Å². The van der Waals surface area contributed by atoms with E-state index >= 15 is 0 Å². The number of hydrogen-bond donors (Lipinski definition) is 2. The van der Waals surface area contributed by atoms with Crippen LogP contribution in [0.1, 0.15) is 22.8 Å². The van der Waals surface area contributed by atoms with Crippen LogP contribution in [-0.2, 0) is 4.79 Å². The molecular formula is C19H20N2O4. The molecule has 2 aromatic carbocycles. The summed E-state index contributed by atoms with van der Waals surface area (Å²) in [4.78, 5) is 24.1. The number of methoxy groups -OCH3 is 2. The first-order chi connectivity index (χ1) is 11.9. The molecule has 0 aromatic heterocycles. The zero-order valence-electron chi connectivity index (χ0n) is 14.3. The van der Waals surface area contributed by atoms with Gasteiger partial charge in [-0.3, -0.25) is 14.9 Å². The van der Waals surface area contributed by atoms with E-state index < -0.39 is 11.8 Å². The van der Waals surface area contributed by atoms with Crippen molar-refractivity contribution in [3.8, 4) is 11.5 Å². The molecule has 0 atom stereocenters. The van der Waals surface area contributed by atoms with Gasteiger partial charge in [0.25, 0.3) is 11.8 Å². The molecule has 2 amide bonds. The van der Waals surface area contributed by atoms with Gasteiger partial charge in [-0.15, -0.1) is 0 Å². The van der Waals surface area contributed by atoms with Crippen molar-refractivity contribution in [3.63, 3.8) is 0 Å². The Balaban J connectivity index is 2.14. The molecule has 0 spiro atoms. The van der Waals surface area contributed by atoms with E-state index in [-0.39, 0.29) is 0 Å². The predicted molar refractivity (Wildman–Crippen MR) is 96.5 cm³/mol. The summed E-state index contributed by atoms with van der Waals surface area (Å²) in [6.07, 6.45) is 1.35. The van der Waals surface area contributed by atoms with Gasteiger partial charge >= 0.3 is 0 Å². The van der Waals surface area contributed by atoms with Crippen LogP contribution in [0.3, 0.4) is 0 Å². The highest BCUT2D eigenvalue weighted by molar-refractivity contribution is 6.10. The lowest BCUT2D eigenvalue weighted by molar-refractivity contribution is -0.115. The number of benzene rings is 2. The minimum atomic E-state index is -0.516. The fraction of sp³-hybridized carbons (Fsp3) is 0.158. The molecular weight excluding hydrogens is 320 g/mol. The van der Waals surface area contributed by atoms with Crippen molar-refractivity contribution in [2.45, 2.75) is 6.92 Å². The highest BCUT2D eigenvalue weighted by Crippen LogP contribution is 2.29. The number of carbonyl (C=O) groups is 2. The molecule has 0 bridgehead atoms. The van der Waals surface area contributed by atoms with Crippen molar-refractivity contribution < 1.29 is 19.1 Å². The maximum absolute atomic E-state index is 12.1. The second-order valence-corrected chi connectivity index (χ2v) is 5.33. The van der Waals surface area contributed by atoms with E-state index in [2.05, 4.69) is 5.32 Å². The van der Waals surface area contributed by atoms with Gasteiger partial charge in [0.1, 0.15) is 11.5 Å². The lowest BCUT2D eigenvalue weighted by Crippen LogP contribution is -2.29. The molecule has 0 aliphatic heterocycles. The van der Waals surface area contributed by atoms with E-state index in [4.69, 9.17) is 15.2 Å². The van der Waals surface area contributed by atoms with Crippen LogP contribution in [0.4, 0.5) is 5.69 Å². The van der Waals surface area contributed by atoms with E-state index in [9.17, 15) is 9.59 Å². The van der Waals surface area contributed by atoms with Gasteiger partial charge in [-0.05, 0) is 48.9 Å². The molecule has 0 heterocycles. The SMILES string of the molecule is COc1ccc(/C(C)=C/C(=O)NC(=O)c2ccc(N)cc2)c(OC)c1. The molecule has 0 fully saturated rings. The highest BCUT2D eigenvalue weighted by atomic mass is 16.5. The fourth-order valence-corrected chi connectivity index (χ4v) is 2.25. The molecule has 0 saturated carbocycles. The van der Waals surface area contributed by atoms with E-state index in [1.54, 1.807) is 56.5 Å². The molecule has 0 aliphatic carbocycles. The number of rotatable bonds is 5. The van der Waals surface area contributed by atoms with Gasteiger partial charge in [-0.25, -0.2) is 0 Å². The quantitative estimate of drug-likeness (QED) is 0.645. The van der Waals surface area contributed by atoms with Crippen LogP contribution in [-0.4, -0.2) is 26.0 Å². The number of anilines is 1. The third-order valence-corrected chi connectivity index (χ3v) is 3.59. The molecule has 3 N–H and O–H groups in total. The Hall–Kier alpha value is -3.28. The number of nitrogens with one attached hydrogen (secondary N) is 1. The van der Waals surface area contributed by atoms with Gasteiger partial charge in [-0.1, -0.05) is 0 Å². The van der Waals surface area contributed by atoms with Crippen LogP contribution in [0, 0.1) is 0 Å². The third kappa shape index (κ3) is 4.60.